The highest BCUT2D eigenvalue weighted by Gasteiger charge is 2.46. The second kappa shape index (κ2) is 9.51. The molecule has 2 aromatic heterocycles. The minimum absolute atomic E-state index is 0.0911. The van der Waals surface area contributed by atoms with Crippen molar-refractivity contribution in [3.8, 4) is 11.4 Å². The van der Waals surface area contributed by atoms with Crippen molar-refractivity contribution in [3.05, 3.63) is 29.6 Å². The van der Waals surface area contributed by atoms with Gasteiger partial charge in [0.2, 0.25) is 0 Å². The van der Waals surface area contributed by atoms with E-state index >= 15 is 0 Å². The fraction of sp³-hybridized carbons (Fsp3) is 0.522. The van der Waals surface area contributed by atoms with Crippen LogP contribution in [0.4, 0.5) is 43.2 Å². The van der Waals surface area contributed by atoms with Crippen molar-refractivity contribution >= 4 is 23.8 Å². The van der Waals surface area contributed by atoms with E-state index in [0.29, 0.717) is 13.0 Å². The molecule has 206 valence electrons. The minimum atomic E-state index is -4.79. The predicted octanol–water partition coefficient (Wildman–Crippen LogP) is 4.87. The number of piperazine rings is 1. The van der Waals surface area contributed by atoms with Crippen LogP contribution in [0, 0.1) is 0 Å². The van der Waals surface area contributed by atoms with E-state index in [0.717, 1.165) is 12.4 Å². The van der Waals surface area contributed by atoms with Crippen LogP contribution in [-0.2, 0) is 15.7 Å². The van der Waals surface area contributed by atoms with Crippen molar-refractivity contribution in [2.24, 2.45) is 0 Å². The van der Waals surface area contributed by atoms with Crippen molar-refractivity contribution in [1.29, 1.82) is 0 Å². The molecule has 2 aromatic rings. The molecule has 10 nitrogen and oxygen atoms in total. The maximum Gasteiger partial charge on any atom is 0.416 e. The van der Waals surface area contributed by atoms with Gasteiger partial charge < -0.3 is 19.3 Å². The van der Waals surface area contributed by atoms with E-state index in [1.54, 1.807) is 20.8 Å². The molecule has 0 spiro atoms. The van der Waals surface area contributed by atoms with Gasteiger partial charge in [-0.1, -0.05) is 0 Å². The fourth-order valence-corrected chi connectivity index (χ4v) is 4.00. The maximum atomic E-state index is 14.4. The third kappa shape index (κ3) is 5.86. The molecule has 2 amide bonds. The van der Waals surface area contributed by atoms with Crippen LogP contribution in [0.1, 0.15) is 44.9 Å². The smallest absolute Gasteiger partial charge is 0.416 e. The number of aromatic nitrogens is 3. The number of pyridine rings is 1. The molecule has 0 radical (unpaired) electrons. The molecule has 0 aromatic carbocycles. The number of carbonyl (C=O) groups excluding carboxylic acids is 2. The Balaban J connectivity index is 1.72. The summed E-state index contributed by atoms with van der Waals surface area (Å²) in [5, 5.41) is 2.17. The lowest BCUT2D eigenvalue weighted by atomic mass is 9.99. The zero-order chi connectivity index (χ0) is 28.0. The summed E-state index contributed by atoms with van der Waals surface area (Å²) in [4.78, 5) is 39.1. The van der Waals surface area contributed by atoms with Gasteiger partial charge in [0.1, 0.15) is 29.3 Å². The van der Waals surface area contributed by atoms with Crippen LogP contribution in [0.2, 0.25) is 0 Å². The van der Waals surface area contributed by atoms with E-state index in [4.69, 9.17) is 9.47 Å². The number of alkyl halides is 5. The summed E-state index contributed by atoms with van der Waals surface area (Å²) in [6, 6.07) is 1.52. The van der Waals surface area contributed by atoms with Crippen molar-refractivity contribution in [3.63, 3.8) is 0 Å². The number of halogens is 5. The molecule has 38 heavy (non-hydrogen) atoms. The van der Waals surface area contributed by atoms with Crippen LogP contribution in [0.3, 0.4) is 0 Å². The van der Waals surface area contributed by atoms with E-state index in [2.05, 4.69) is 20.3 Å². The summed E-state index contributed by atoms with van der Waals surface area (Å²) >= 11 is 0. The fourth-order valence-electron chi connectivity index (χ4n) is 4.00. The molecular formula is C23H25F5N6O4. The maximum absolute atomic E-state index is 14.4. The minimum Gasteiger partial charge on any atom is -0.444 e. The van der Waals surface area contributed by atoms with Crippen LogP contribution in [0.25, 0.3) is 11.4 Å². The van der Waals surface area contributed by atoms with Crippen molar-refractivity contribution in [2.75, 3.05) is 36.4 Å². The van der Waals surface area contributed by atoms with Crippen molar-refractivity contribution in [1.82, 2.24) is 19.9 Å². The normalized spacial score (nSPS) is 18.4. The second-order valence-electron chi connectivity index (χ2n) is 9.90. The Morgan fingerprint density at radius 1 is 1.05 bits per heavy atom. The number of nitrogens with zero attached hydrogens (tertiary/aromatic N) is 5. The van der Waals surface area contributed by atoms with Crippen LogP contribution in [-0.4, -0.2) is 69.7 Å². The van der Waals surface area contributed by atoms with Gasteiger partial charge in [-0.25, -0.2) is 33.3 Å². The molecule has 4 rings (SSSR count). The first-order valence-electron chi connectivity index (χ1n) is 11.6. The number of rotatable bonds is 3. The number of ether oxygens (including phenoxy) is 2. The molecule has 4 heterocycles. The van der Waals surface area contributed by atoms with Gasteiger partial charge in [-0.3, -0.25) is 5.32 Å². The molecule has 1 saturated heterocycles. The van der Waals surface area contributed by atoms with Crippen LogP contribution >= 0.6 is 0 Å². The second-order valence-corrected chi connectivity index (χ2v) is 9.90. The van der Waals surface area contributed by atoms with Gasteiger partial charge in [-0.2, -0.15) is 13.2 Å². The number of anilines is 2. The molecule has 1 fully saturated rings. The van der Waals surface area contributed by atoms with Crippen LogP contribution in [0.5, 0.6) is 0 Å². The molecule has 0 unspecified atom stereocenters. The van der Waals surface area contributed by atoms with Crippen molar-refractivity contribution in [2.45, 2.75) is 51.5 Å². The molecule has 1 atom stereocenters. The highest BCUT2D eigenvalue weighted by atomic mass is 19.4. The van der Waals surface area contributed by atoms with Gasteiger partial charge in [-0.05, 0) is 32.9 Å². The van der Waals surface area contributed by atoms with Crippen molar-refractivity contribution < 1.29 is 41.0 Å². The van der Waals surface area contributed by atoms with Gasteiger partial charge in [0.15, 0.2) is 6.10 Å². The van der Waals surface area contributed by atoms with Gasteiger partial charge in [0.05, 0.1) is 16.8 Å². The third-order valence-corrected chi connectivity index (χ3v) is 5.69. The Kier molecular flexibility index (Phi) is 6.82. The Hall–Kier alpha value is -3.78. The monoisotopic (exact) mass is 544 g/mol. The zero-order valence-corrected chi connectivity index (χ0v) is 20.9. The zero-order valence-electron chi connectivity index (χ0n) is 20.9. The number of cyclic esters (lactones) is 1. The van der Waals surface area contributed by atoms with E-state index in [9.17, 15) is 31.5 Å². The lowest BCUT2D eigenvalue weighted by Crippen LogP contribution is -2.50. The summed E-state index contributed by atoms with van der Waals surface area (Å²) in [6.07, 6.45) is -7.76. The summed E-state index contributed by atoms with van der Waals surface area (Å²) in [7, 11) is 0. The molecule has 1 N–H and O–H groups in total. The first-order valence-corrected chi connectivity index (χ1v) is 11.6. The summed E-state index contributed by atoms with van der Waals surface area (Å²) in [5.74, 6) is -4.01. The van der Waals surface area contributed by atoms with Crippen LogP contribution < -0.4 is 10.2 Å². The first kappa shape index (κ1) is 27.3. The first-order chi connectivity index (χ1) is 17.5. The average molecular weight is 544 g/mol. The van der Waals surface area contributed by atoms with Gasteiger partial charge >= 0.3 is 18.4 Å². The van der Waals surface area contributed by atoms with E-state index in [-0.39, 0.29) is 49.2 Å². The summed E-state index contributed by atoms with van der Waals surface area (Å²) in [6.45, 7) is 6.27. The average Bonchev–Trinajstić information content (AvgIpc) is 2.80. The standard InChI is InChI=1S/C23H25F5N6O4/c1-21(2,3)38-20(36)34-7-5-33(6-8-34)14-10-12(23(26,27)28)9-13(31-14)16-15-17(22(4,24)25)37-19(35)32-18(15)30-11-29-16/h9-11,17H,5-8H2,1-4H3,(H,29,30,32,35)/t17-/m1/s1. The van der Waals surface area contributed by atoms with Gasteiger partial charge in [-0.15, -0.1) is 0 Å². The Morgan fingerprint density at radius 3 is 2.29 bits per heavy atom. The summed E-state index contributed by atoms with van der Waals surface area (Å²) < 4.78 is 80.5. The van der Waals surface area contributed by atoms with Crippen LogP contribution in [0.15, 0.2) is 18.5 Å². The Morgan fingerprint density at radius 2 is 1.71 bits per heavy atom. The number of hydrogen-bond donors (Lipinski definition) is 1. The lowest BCUT2D eigenvalue weighted by molar-refractivity contribution is -0.137. The summed E-state index contributed by atoms with van der Waals surface area (Å²) in [5.41, 5.74) is -2.90. The van der Waals surface area contributed by atoms with Gasteiger partial charge in [0.25, 0.3) is 5.92 Å². The number of fused-ring (bicyclic) bond motifs is 1. The topological polar surface area (TPSA) is 110 Å². The molecule has 0 saturated carbocycles. The molecule has 2 aliphatic rings. The Bertz CT molecular complexity index is 1240. The van der Waals surface area contributed by atoms with E-state index in [1.807, 2.05) is 0 Å². The number of hydrogen-bond acceptors (Lipinski definition) is 8. The molecular weight excluding hydrogens is 519 g/mol. The highest BCUT2D eigenvalue weighted by Crippen LogP contribution is 2.44. The molecule has 15 heteroatoms. The van der Waals surface area contributed by atoms with E-state index in [1.165, 1.54) is 9.80 Å². The van der Waals surface area contributed by atoms with Gasteiger partial charge in [0, 0.05) is 33.1 Å². The molecule has 0 bridgehead atoms. The molecule has 2 aliphatic heterocycles. The quantitative estimate of drug-likeness (QED) is 0.545. The lowest BCUT2D eigenvalue weighted by Gasteiger charge is -2.36. The predicted molar refractivity (Wildman–Crippen MR) is 124 cm³/mol. The number of carbonyl (C=O) groups is 2. The Labute approximate surface area is 214 Å². The third-order valence-electron chi connectivity index (χ3n) is 5.69. The molecule has 0 aliphatic carbocycles. The SMILES string of the molecule is CC(C)(C)OC(=O)N1CCN(c2cc(C(F)(F)F)cc(-c3ncnc4c3[C@H](C(C)(F)F)OC(=O)N4)n2)CC1. The number of nitrogens with one attached hydrogen (secondary N) is 1. The van der Waals surface area contributed by atoms with E-state index < -0.39 is 47.1 Å². The largest absolute Gasteiger partial charge is 0.444 e. The number of amides is 2. The highest BCUT2D eigenvalue weighted by molar-refractivity contribution is 5.88.